The maximum Gasteiger partial charge on any atom is 0.229 e. The molecule has 0 aliphatic carbocycles. The van der Waals surface area contributed by atoms with Crippen LogP contribution in [0.2, 0.25) is 0 Å². The normalized spacial score (nSPS) is 10.4. The Labute approximate surface area is 149 Å². The molecule has 0 aliphatic heterocycles. The van der Waals surface area contributed by atoms with Crippen LogP contribution in [0, 0.1) is 0 Å². The molecule has 3 aromatic rings. The van der Waals surface area contributed by atoms with Crippen molar-refractivity contribution in [3.05, 3.63) is 71.1 Å². The van der Waals surface area contributed by atoms with Gasteiger partial charge in [-0.05, 0) is 54.4 Å². The highest BCUT2D eigenvalue weighted by Crippen LogP contribution is 2.18. The lowest BCUT2D eigenvalue weighted by Gasteiger charge is -2.18. The molecular weight excluding hydrogens is 366 g/mol. The van der Waals surface area contributed by atoms with Crippen molar-refractivity contribution >= 4 is 33.4 Å². The van der Waals surface area contributed by atoms with Gasteiger partial charge in [0.25, 0.3) is 0 Å². The van der Waals surface area contributed by atoms with Gasteiger partial charge < -0.3 is 10.2 Å². The van der Waals surface area contributed by atoms with Crippen LogP contribution in [0.3, 0.4) is 0 Å². The Morgan fingerprint density at radius 3 is 2.50 bits per heavy atom. The van der Waals surface area contributed by atoms with E-state index in [4.69, 9.17) is 0 Å². The number of anilines is 3. The van der Waals surface area contributed by atoms with Crippen molar-refractivity contribution in [1.29, 1.82) is 0 Å². The molecule has 0 aliphatic rings. The van der Waals surface area contributed by atoms with E-state index in [9.17, 15) is 0 Å². The monoisotopic (exact) mass is 383 g/mol. The topological polar surface area (TPSA) is 53.9 Å². The van der Waals surface area contributed by atoms with Gasteiger partial charge in [0.2, 0.25) is 5.95 Å². The molecule has 0 unspecified atom stereocenters. The smallest absolute Gasteiger partial charge is 0.229 e. The fraction of sp³-hybridized carbons (Fsp3) is 0.167. The van der Waals surface area contributed by atoms with E-state index in [0.29, 0.717) is 5.95 Å². The number of likely N-dealkylation sites (N-methyl/N-ethyl adjacent to an activating group) is 1. The Hall–Kier alpha value is -2.47. The predicted octanol–water partition coefficient (Wildman–Crippen LogP) is 4.06. The zero-order valence-corrected chi connectivity index (χ0v) is 14.9. The zero-order valence-electron chi connectivity index (χ0n) is 13.4. The average Bonchev–Trinajstić information content (AvgIpc) is 2.63. The van der Waals surface area contributed by atoms with Gasteiger partial charge in [0, 0.05) is 42.3 Å². The van der Waals surface area contributed by atoms with E-state index in [1.807, 2.05) is 61.9 Å². The first-order valence-electron chi connectivity index (χ1n) is 7.66. The molecule has 5 nitrogen and oxygen atoms in total. The maximum atomic E-state index is 4.58. The summed E-state index contributed by atoms with van der Waals surface area (Å²) in [5.74, 6) is 1.48. The third-order valence-electron chi connectivity index (χ3n) is 3.62. The number of halogens is 1. The molecule has 0 radical (unpaired) electrons. The average molecular weight is 384 g/mol. The molecule has 24 heavy (non-hydrogen) atoms. The Morgan fingerprint density at radius 2 is 1.75 bits per heavy atom. The summed E-state index contributed by atoms with van der Waals surface area (Å²) in [4.78, 5) is 15.0. The van der Waals surface area contributed by atoms with Crippen LogP contribution in [0.25, 0.3) is 0 Å². The number of hydrogen-bond acceptors (Lipinski definition) is 5. The molecule has 1 N–H and O–H groups in total. The summed E-state index contributed by atoms with van der Waals surface area (Å²) in [6, 6.07) is 13.9. The van der Waals surface area contributed by atoms with Gasteiger partial charge in [-0.15, -0.1) is 0 Å². The summed E-state index contributed by atoms with van der Waals surface area (Å²) < 4.78 is 1.04. The highest BCUT2D eigenvalue weighted by Gasteiger charge is 2.05. The van der Waals surface area contributed by atoms with Gasteiger partial charge in [-0.2, -0.15) is 4.98 Å². The van der Waals surface area contributed by atoms with Gasteiger partial charge in [-0.25, -0.2) is 4.98 Å². The quantitative estimate of drug-likeness (QED) is 0.695. The molecule has 0 bridgehead atoms. The number of benzene rings is 1. The molecular formula is C18H18BrN5. The molecule has 122 valence electrons. The fourth-order valence-electron chi connectivity index (χ4n) is 2.25. The number of nitrogens with one attached hydrogen (secondary N) is 1. The first-order valence-corrected chi connectivity index (χ1v) is 8.46. The SMILES string of the molecule is CN(CCc1ccncc1)c1ccnc(Nc2ccc(Br)cc2)n1. The summed E-state index contributed by atoms with van der Waals surface area (Å²) in [5, 5.41) is 3.22. The van der Waals surface area contributed by atoms with Crippen molar-refractivity contribution < 1.29 is 0 Å². The van der Waals surface area contributed by atoms with E-state index in [1.54, 1.807) is 6.20 Å². The first-order chi connectivity index (χ1) is 11.7. The highest BCUT2D eigenvalue weighted by atomic mass is 79.9. The van der Waals surface area contributed by atoms with Crippen LogP contribution in [-0.2, 0) is 6.42 Å². The van der Waals surface area contributed by atoms with Crippen LogP contribution in [0.5, 0.6) is 0 Å². The van der Waals surface area contributed by atoms with Gasteiger partial charge in [0.15, 0.2) is 0 Å². The minimum absolute atomic E-state index is 0.589. The second kappa shape index (κ2) is 7.88. The molecule has 0 atom stereocenters. The summed E-state index contributed by atoms with van der Waals surface area (Å²) in [6.07, 6.45) is 6.35. The summed E-state index contributed by atoms with van der Waals surface area (Å²) in [6.45, 7) is 0.874. The molecule has 2 heterocycles. The summed E-state index contributed by atoms with van der Waals surface area (Å²) in [7, 11) is 2.03. The van der Waals surface area contributed by atoms with E-state index in [1.165, 1.54) is 5.56 Å². The van der Waals surface area contributed by atoms with E-state index >= 15 is 0 Å². The van der Waals surface area contributed by atoms with Gasteiger partial charge in [-0.1, -0.05) is 15.9 Å². The molecule has 0 spiro atoms. The van der Waals surface area contributed by atoms with Crippen LogP contribution < -0.4 is 10.2 Å². The fourth-order valence-corrected chi connectivity index (χ4v) is 2.51. The predicted molar refractivity (Wildman–Crippen MR) is 101 cm³/mol. The standard InChI is InChI=1S/C18H18BrN5/c1-24(13-9-14-6-10-20-11-7-14)17-8-12-21-18(23-17)22-16-4-2-15(19)3-5-16/h2-8,10-12H,9,13H2,1H3,(H,21,22,23). The third-order valence-corrected chi connectivity index (χ3v) is 4.15. The molecule has 0 amide bonds. The van der Waals surface area contributed by atoms with Crippen LogP contribution in [0.4, 0.5) is 17.5 Å². The summed E-state index contributed by atoms with van der Waals surface area (Å²) in [5.41, 5.74) is 2.22. The van der Waals surface area contributed by atoms with E-state index < -0.39 is 0 Å². The number of pyridine rings is 1. The molecule has 0 fully saturated rings. The van der Waals surface area contributed by atoms with Crippen LogP contribution in [0.1, 0.15) is 5.56 Å². The lowest BCUT2D eigenvalue weighted by Crippen LogP contribution is -2.21. The van der Waals surface area contributed by atoms with Crippen molar-refractivity contribution in [2.45, 2.75) is 6.42 Å². The Bertz CT molecular complexity index is 777. The first kappa shape index (κ1) is 16.4. The lowest BCUT2D eigenvalue weighted by atomic mass is 10.2. The molecule has 6 heteroatoms. The van der Waals surface area contributed by atoms with Crippen molar-refractivity contribution in [2.75, 3.05) is 23.8 Å². The van der Waals surface area contributed by atoms with Crippen molar-refractivity contribution in [3.8, 4) is 0 Å². The molecule has 0 saturated heterocycles. The lowest BCUT2D eigenvalue weighted by molar-refractivity contribution is 0.855. The molecule has 3 rings (SSSR count). The molecule has 2 aromatic heterocycles. The second-order valence-corrected chi connectivity index (χ2v) is 6.31. The van der Waals surface area contributed by atoms with Crippen LogP contribution in [-0.4, -0.2) is 28.5 Å². The second-order valence-electron chi connectivity index (χ2n) is 5.40. The Balaban J connectivity index is 1.64. The number of rotatable bonds is 6. The van der Waals surface area contributed by atoms with E-state index in [2.05, 4.69) is 41.1 Å². The van der Waals surface area contributed by atoms with Gasteiger partial charge in [0.05, 0.1) is 0 Å². The number of nitrogens with zero attached hydrogens (tertiary/aromatic N) is 4. The van der Waals surface area contributed by atoms with Crippen molar-refractivity contribution in [1.82, 2.24) is 15.0 Å². The van der Waals surface area contributed by atoms with Gasteiger partial charge >= 0.3 is 0 Å². The van der Waals surface area contributed by atoms with Crippen LogP contribution >= 0.6 is 15.9 Å². The third kappa shape index (κ3) is 4.52. The molecule has 1 aromatic carbocycles. The Kier molecular flexibility index (Phi) is 5.38. The van der Waals surface area contributed by atoms with Crippen LogP contribution in [0.15, 0.2) is 65.5 Å². The zero-order chi connectivity index (χ0) is 16.8. The van der Waals surface area contributed by atoms with E-state index in [-0.39, 0.29) is 0 Å². The minimum atomic E-state index is 0.589. The molecule has 0 saturated carbocycles. The highest BCUT2D eigenvalue weighted by molar-refractivity contribution is 9.10. The maximum absolute atomic E-state index is 4.58. The van der Waals surface area contributed by atoms with Gasteiger partial charge in [-0.3, -0.25) is 4.98 Å². The van der Waals surface area contributed by atoms with Crippen molar-refractivity contribution in [2.24, 2.45) is 0 Å². The number of hydrogen-bond donors (Lipinski definition) is 1. The van der Waals surface area contributed by atoms with E-state index in [0.717, 1.165) is 28.9 Å². The van der Waals surface area contributed by atoms with Gasteiger partial charge in [0.1, 0.15) is 5.82 Å². The summed E-state index contributed by atoms with van der Waals surface area (Å²) >= 11 is 3.43. The largest absolute Gasteiger partial charge is 0.359 e. The Morgan fingerprint density at radius 1 is 1.00 bits per heavy atom. The number of aromatic nitrogens is 3. The minimum Gasteiger partial charge on any atom is -0.359 e. The van der Waals surface area contributed by atoms with Crippen molar-refractivity contribution in [3.63, 3.8) is 0 Å².